The number of nitrogens with zero attached hydrogens (tertiary/aromatic N) is 7. The van der Waals surface area contributed by atoms with Crippen LogP contribution in [0.1, 0.15) is 0 Å². The standard InChI is InChI=1S/C75H45N7O3/c1-7-28-64-55(22-1)58-43-52(34-37-67(58)80(64)49-19-13-16-46(40-49)73-76-61-25-4-10-31-70(61)83-73)79(53-35-38-68-59(44-53)56-23-2-8-29-65(56)81(68)50-20-14-17-47(41-50)74-77-62-26-5-11-32-71(62)84-74)54-36-39-69-60(45-54)57-24-3-9-30-66(57)82(69)51-21-15-18-48(42-51)75-78-63-27-6-12-33-72(63)85-75/h1-45H. The van der Waals surface area contributed by atoms with Gasteiger partial charge in [-0.1, -0.05) is 109 Å². The summed E-state index contributed by atoms with van der Waals surface area (Å²) >= 11 is 0. The second-order valence-corrected chi connectivity index (χ2v) is 21.6. The molecular weight excluding hydrogens is 1050 g/mol. The van der Waals surface area contributed by atoms with Crippen molar-refractivity contribution in [2.24, 2.45) is 0 Å². The van der Waals surface area contributed by atoms with E-state index >= 15 is 0 Å². The van der Waals surface area contributed by atoms with Gasteiger partial charge in [-0.05, 0) is 164 Å². The highest BCUT2D eigenvalue weighted by Crippen LogP contribution is 2.45. The van der Waals surface area contributed by atoms with Crippen molar-refractivity contribution in [3.05, 3.63) is 273 Å². The maximum Gasteiger partial charge on any atom is 0.227 e. The van der Waals surface area contributed by atoms with Crippen LogP contribution in [0.5, 0.6) is 0 Å². The summed E-state index contributed by atoms with van der Waals surface area (Å²) < 4.78 is 26.0. The van der Waals surface area contributed by atoms with Crippen LogP contribution in [0.4, 0.5) is 17.1 Å². The molecule has 18 rings (SSSR count). The molecule has 0 amide bonds. The third-order valence-corrected chi connectivity index (χ3v) is 16.7. The number of anilines is 3. The molecule has 0 aliphatic heterocycles. The van der Waals surface area contributed by atoms with Crippen LogP contribution < -0.4 is 4.90 Å². The second kappa shape index (κ2) is 18.4. The molecule has 0 atom stereocenters. The quantitative estimate of drug-likeness (QED) is 0.142. The maximum absolute atomic E-state index is 6.30. The number of aromatic nitrogens is 6. The minimum Gasteiger partial charge on any atom is -0.436 e. The molecule has 6 aromatic heterocycles. The van der Waals surface area contributed by atoms with Gasteiger partial charge in [0.15, 0.2) is 16.7 Å². The SMILES string of the molecule is c1cc(-c2nc3ccccc3o2)cc(-n2c3ccccc3c3cc(N(c4ccc5c(c4)c4ccccc4n5-c4cccc(-c5nc6ccccc6o5)c4)c4ccc5c(c4)c4ccccc4n5-c4cccc(-c5nc6ccccc6o5)c4)ccc32)c1. The first kappa shape index (κ1) is 46.9. The molecule has 6 heterocycles. The Bertz CT molecular complexity index is 5070. The van der Waals surface area contributed by atoms with Gasteiger partial charge >= 0.3 is 0 Å². The van der Waals surface area contributed by atoms with Crippen molar-refractivity contribution in [3.63, 3.8) is 0 Å². The van der Waals surface area contributed by atoms with Crippen LogP contribution in [0.3, 0.4) is 0 Å². The molecule has 10 nitrogen and oxygen atoms in total. The fraction of sp³-hybridized carbons (Fsp3) is 0. The Morgan fingerprint density at radius 1 is 0.247 bits per heavy atom. The highest BCUT2D eigenvalue weighted by molar-refractivity contribution is 6.14. The van der Waals surface area contributed by atoms with Crippen LogP contribution >= 0.6 is 0 Å². The van der Waals surface area contributed by atoms with Crippen molar-refractivity contribution in [3.8, 4) is 51.4 Å². The van der Waals surface area contributed by atoms with Gasteiger partial charge in [0, 0.05) is 83.1 Å². The van der Waals surface area contributed by atoms with Crippen molar-refractivity contribution in [1.29, 1.82) is 0 Å². The van der Waals surface area contributed by atoms with Crippen LogP contribution in [-0.2, 0) is 0 Å². The normalized spacial score (nSPS) is 12.0. The minimum atomic E-state index is 0.587. The van der Waals surface area contributed by atoms with E-state index in [1.165, 1.54) is 0 Å². The second-order valence-electron chi connectivity index (χ2n) is 21.6. The average molecular weight is 1090 g/mol. The molecule has 0 fully saturated rings. The number of hydrogen-bond acceptors (Lipinski definition) is 7. The first-order valence-corrected chi connectivity index (χ1v) is 28.4. The maximum atomic E-state index is 6.30. The summed E-state index contributed by atoms with van der Waals surface area (Å²) in [5, 5.41) is 6.80. The highest BCUT2D eigenvalue weighted by Gasteiger charge is 2.23. The summed E-state index contributed by atoms with van der Waals surface area (Å²) in [4.78, 5) is 17.0. The van der Waals surface area contributed by atoms with Crippen molar-refractivity contribution < 1.29 is 13.3 Å². The van der Waals surface area contributed by atoms with Gasteiger partial charge in [0.2, 0.25) is 17.7 Å². The predicted molar refractivity (Wildman–Crippen MR) is 343 cm³/mol. The van der Waals surface area contributed by atoms with E-state index in [-0.39, 0.29) is 0 Å². The Morgan fingerprint density at radius 3 is 0.871 bits per heavy atom. The van der Waals surface area contributed by atoms with Crippen LogP contribution in [0.25, 0.3) is 150 Å². The summed E-state index contributed by atoms with van der Waals surface area (Å²) in [6.45, 7) is 0. The molecule has 10 heteroatoms. The number of benzene rings is 12. The Morgan fingerprint density at radius 2 is 0.541 bits per heavy atom. The molecule has 0 radical (unpaired) electrons. The van der Waals surface area contributed by atoms with Crippen LogP contribution in [0.2, 0.25) is 0 Å². The van der Waals surface area contributed by atoms with E-state index in [1.807, 2.05) is 72.8 Å². The van der Waals surface area contributed by atoms with E-state index in [0.717, 1.165) is 150 Å². The number of para-hydroxylation sites is 9. The van der Waals surface area contributed by atoms with Gasteiger partial charge in [-0.2, -0.15) is 0 Å². The molecule has 0 aliphatic rings. The molecule has 12 aromatic carbocycles. The van der Waals surface area contributed by atoms with E-state index in [9.17, 15) is 0 Å². The zero-order chi connectivity index (χ0) is 55.7. The zero-order valence-electron chi connectivity index (χ0n) is 45.3. The monoisotopic (exact) mass is 1090 g/mol. The van der Waals surface area contributed by atoms with Gasteiger partial charge in [-0.15, -0.1) is 0 Å². The topological polar surface area (TPSA) is 96.1 Å². The fourth-order valence-electron chi connectivity index (χ4n) is 12.9. The van der Waals surface area contributed by atoms with E-state index in [0.29, 0.717) is 17.7 Å². The highest BCUT2D eigenvalue weighted by atomic mass is 16.4. The minimum absolute atomic E-state index is 0.587. The first-order chi connectivity index (χ1) is 42.1. The van der Waals surface area contributed by atoms with Crippen molar-refractivity contribution >= 4 is 116 Å². The number of fused-ring (bicyclic) bond motifs is 12. The van der Waals surface area contributed by atoms with E-state index in [2.05, 4.69) is 219 Å². The smallest absolute Gasteiger partial charge is 0.227 e. The molecule has 0 aliphatic carbocycles. The average Bonchev–Trinajstić information content (AvgIpc) is 3.45. The van der Waals surface area contributed by atoms with E-state index < -0.39 is 0 Å². The summed E-state index contributed by atoms with van der Waals surface area (Å²) in [7, 11) is 0. The van der Waals surface area contributed by atoms with Gasteiger partial charge in [0.05, 0.1) is 33.1 Å². The van der Waals surface area contributed by atoms with Crippen LogP contribution in [0, 0.1) is 0 Å². The molecule has 0 saturated heterocycles. The summed E-state index contributed by atoms with van der Waals surface area (Å²) in [6, 6.07) is 95.9. The Kier molecular flexibility index (Phi) is 10.2. The zero-order valence-corrected chi connectivity index (χ0v) is 45.3. The first-order valence-electron chi connectivity index (χ1n) is 28.4. The lowest BCUT2D eigenvalue weighted by molar-refractivity contribution is 0.619. The molecule has 0 unspecified atom stereocenters. The van der Waals surface area contributed by atoms with Crippen molar-refractivity contribution in [2.45, 2.75) is 0 Å². The summed E-state index contributed by atoms with van der Waals surface area (Å²) in [5.41, 5.74) is 20.1. The number of rotatable bonds is 9. The van der Waals surface area contributed by atoms with Crippen LogP contribution in [0.15, 0.2) is 286 Å². The third kappa shape index (κ3) is 7.42. The van der Waals surface area contributed by atoms with Gasteiger partial charge < -0.3 is 31.9 Å². The largest absolute Gasteiger partial charge is 0.436 e. The summed E-state index contributed by atoms with van der Waals surface area (Å²) in [5.74, 6) is 1.76. The van der Waals surface area contributed by atoms with Gasteiger partial charge in [-0.3, -0.25) is 0 Å². The number of hydrogen-bond donors (Lipinski definition) is 0. The predicted octanol–water partition coefficient (Wildman–Crippen LogP) is 19.9. The molecule has 85 heavy (non-hydrogen) atoms. The van der Waals surface area contributed by atoms with Gasteiger partial charge in [0.25, 0.3) is 0 Å². The van der Waals surface area contributed by atoms with E-state index in [1.54, 1.807) is 0 Å². The van der Waals surface area contributed by atoms with Gasteiger partial charge in [0.1, 0.15) is 16.6 Å². The Labute approximate surface area is 484 Å². The van der Waals surface area contributed by atoms with Crippen molar-refractivity contribution in [2.75, 3.05) is 4.90 Å². The molecule has 0 saturated carbocycles. The van der Waals surface area contributed by atoms with E-state index in [4.69, 9.17) is 28.2 Å². The van der Waals surface area contributed by atoms with Crippen molar-refractivity contribution in [1.82, 2.24) is 28.7 Å². The Hall–Kier alpha value is -11.8. The lowest BCUT2D eigenvalue weighted by atomic mass is 10.1. The molecule has 398 valence electrons. The molecule has 0 N–H and O–H groups in total. The Balaban J connectivity index is 0.826. The molecular formula is C75H45N7O3. The number of oxazole rings is 3. The lowest BCUT2D eigenvalue weighted by Crippen LogP contribution is -2.10. The molecule has 0 bridgehead atoms. The molecule has 18 aromatic rings. The molecule has 0 spiro atoms. The van der Waals surface area contributed by atoms with Crippen LogP contribution in [-0.4, -0.2) is 28.7 Å². The lowest BCUT2D eigenvalue weighted by Gasteiger charge is -2.26. The summed E-state index contributed by atoms with van der Waals surface area (Å²) in [6.07, 6.45) is 0. The van der Waals surface area contributed by atoms with Gasteiger partial charge in [-0.25, -0.2) is 15.0 Å². The fourth-order valence-corrected chi connectivity index (χ4v) is 12.9. The third-order valence-electron chi connectivity index (χ3n) is 16.7.